The fourth-order valence-electron chi connectivity index (χ4n) is 4.79. The molecule has 3 unspecified atom stereocenters. The molecule has 2 aromatic rings. The molecule has 3 atom stereocenters. The zero-order valence-electron chi connectivity index (χ0n) is 18.5. The molecule has 2 aromatic carbocycles. The van der Waals surface area contributed by atoms with Gasteiger partial charge >= 0.3 is 0 Å². The summed E-state index contributed by atoms with van der Waals surface area (Å²) in [4.78, 5) is 0. The van der Waals surface area contributed by atoms with Crippen molar-refractivity contribution in [2.45, 2.75) is 63.3 Å². The summed E-state index contributed by atoms with van der Waals surface area (Å²) >= 11 is 0. The Balaban J connectivity index is 1.74. The molecule has 30 heavy (non-hydrogen) atoms. The zero-order valence-corrected chi connectivity index (χ0v) is 19.5. The molecule has 1 N–H and O–H groups in total. The molecule has 0 bridgehead atoms. The van der Waals surface area contributed by atoms with Crippen LogP contribution in [0.3, 0.4) is 0 Å². The summed E-state index contributed by atoms with van der Waals surface area (Å²) in [6.45, 7) is 10.6. The Kier molecular flexibility index (Phi) is 5.32. The Morgan fingerprint density at radius 1 is 0.933 bits per heavy atom. The first kappa shape index (κ1) is 21.5. The van der Waals surface area contributed by atoms with Gasteiger partial charge in [-0.1, -0.05) is 87.5 Å². The predicted molar refractivity (Wildman–Crippen MR) is 121 cm³/mol. The van der Waals surface area contributed by atoms with E-state index in [-0.39, 0.29) is 17.7 Å². The van der Waals surface area contributed by atoms with E-state index in [1.807, 2.05) is 32.1 Å². The van der Waals surface area contributed by atoms with E-state index < -0.39 is 25.8 Å². The SMILES string of the molecule is CC1(C)OC2C=CC(O)(CO[Si](c3ccccc3)(c3ccccc3)C(C)(C)C)C2O1. The topological polar surface area (TPSA) is 47.9 Å². The van der Waals surface area contributed by atoms with Crippen molar-refractivity contribution >= 4 is 18.7 Å². The lowest BCUT2D eigenvalue weighted by Crippen LogP contribution is -2.68. The second-order valence-electron chi connectivity index (χ2n) is 9.82. The van der Waals surface area contributed by atoms with Crippen molar-refractivity contribution in [2.24, 2.45) is 0 Å². The van der Waals surface area contributed by atoms with E-state index in [1.54, 1.807) is 6.08 Å². The molecule has 1 saturated heterocycles. The Morgan fingerprint density at radius 2 is 1.47 bits per heavy atom. The Morgan fingerprint density at radius 3 is 1.97 bits per heavy atom. The lowest BCUT2D eigenvalue weighted by atomic mass is 10.0. The lowest BCUT2D eigenvalue weighted by molar-refractivity contribution is -0.168. The molecule has 2 aliphatic rings. The summed E-state index contributed by atoms with van der Waals surface area (Å²) in [5, 5.41) is 13.7. The van der Waals surface area contributed by atoms with Gasteiger partial charge in [0.1, 0.15) is 17.8 Å². The van der Waals surface area contributed by atoms with Gasteiger partial charge in [-0.25, -0.2) is 0 Å². The van der Waals surface area contributed by atoms with Crippen molar-refractivity contribution in [1.82, 2.24) is 0 Å². The van der Waals surface area contributed by atoms with Crippen molar-refractivity contribution in [2.75, 3.05) is 6.61 Å². The molecule has 0 amide bonds. The van der Waals surface area contributed by atoms with Crippen LogP contribution in [0.4, 0.5) is 0 Å². The molecule has 160 valence electrons. The number of rotatable bonds is 5. The van der Waals surface area contributed by atoms with Gasteiger partial charge in [0.05, 0.1) is 6.61 Å². The summed E-state index contributed by atoms with van der Waals surface area (Å²) < 4.78 is 18.9. The van der Waals surface area contributed by atoms with Crippen LogP contribution in [0.5, 0.6) is 0 Å². The maximum Gasteiger partial charge on any atom is 0.261 e. The minimum atomic E-state index is -2.73. The Bertz CT molecular complexity index is 864. The molecule has 5 heteroatoms. The van der Waals surface area contributed by atoms with Crippen LogP contribution in [0.25, 0.3) is 0 Å². The van der Waals surface area contributed by atoms with Crippen LogP contribution in [0.1, 0.15) is 34.6 Å². The second kappa shape index (κ2) is 7.43. The van der Waals surface area contributed by atoms with Gasteiger partial charge in [-0.2, -0.15) is 0 Å². The molecule has 1 aliphatic heterocycles. The third kappa shape index (κ3) is 3.59. The van der Waals surface area contributed by atoms with Gasteiger partial charge < -0.3 is 19.0 Å². The van der Waals surface area contributed by atoms with Crippen LogP contribution in [0.15, 0.2) is 72.8 Å². The molecule has 0 aromatic heterocycles. The molecule has 0 spiro atoms. The first-order chi connectivity index (χ1) is 14.1. The largest absolute Gasteiger partial charge is 0.404 e. The number of hydrogen-bond acceptors (Lipinski definition) is 4. The second-order valence-corrected chi connectivity index (χ2v) is 14.1. The quantitative estimate of drug-likeness (QED) is 0.590. The predicted octanol–water partition coefficient (Wildman–Crippen LogP) is 3.38. The number of fused-ring (bicyclic) bond motifs is 1. The van der Waals surface area contributed by atoms with E-state index in [4.69, 9.17) is 13.9 Å². The maximum atomic E-state index is 11.5. The van der Waals surface area contributed by atoms with E-state index in [0.717, 1.165) is 0 Å². The van der Waals surface area contributed by atoms with Gasteiger partial charge in [0.25, 0.3) is 8.32 Å². The van der Waals surface area contributed by atoms with Gasteiger partial charge in [-0.3, -0.25) is 0 Å². The molecule has 1 heterocycles. The lowest BCUT2D eigenvalue weighted by Gasteiger charge is -2.44. The summed E-state index contributed by atoms with van der Waals surface area (Å²) in [5.74, 6) is -0.717. The Hall–Kier alpha value is -1.76. The fourth-order valence-corrected chi connectivity index (χ4v) is 9.39. The van der Waals surface area contributed by atoms with E-state index in [0.29, 0.717) is 0 Å². The van der Waals surface area contributed by atoms with Crippen LogP contribution in [-0.4, -0.2) is 43.6 Å². The van der Waals surface area contributed by atoms with Crippen molar-refractivity contribution in [3.63, 3.8) is 0 Å². The molecular weight excluding hydrogens is 392 g/mol. The van der Waals surface area contributed by atoms with Gasteiger partial charge in [0, 0.05) is 0 Å². The summed E-state index contributed by atoms with van der Waals surface area (Å²) in [6.07, 6.45) is 2.96. The molecule has 4 rings (SSSR count). The highest BCUT2D eigenvalue weighted by Crippen LogP contribution is 2.42. The first-order valence-corrected chi connectivity index (χ1v) is 12.5. The van der Waals surface area contributed by atoms with E-state index in [2.05, 4.69) is 69.3 Å². The number of ether oxygens (including phenoxy) is 2. The molecular formula is C25H32O4Si. The van der Waals surface area contributed by atoms with Gasteiger partial charge in [-0.05, 0) is 35.3 Å². The minimum absolute atomic E-state index is 0.150. The van der Waals surface area contributed by atoms with Crippen molar-refractivity contribution in [3.8, 4) is 0 Å². The number of benzene rings is 2. The highest BCUT2D eigenvalue weighted by Gasteiger charge is 2.57. The molecule has 0 saturated carbocycles. The third-order valence-corrected chi connectivity index (χ3v) is 11.1. The standard InChI is InChI=1S/C25H32O4Si/c1-23(2,3)30(19-12-8-6-9-13-19,20-14-10-7-11-15-20)27-18-25(26)17-16-21-22(25)29-24(4,5)28-21/h6-17,21-22,26H,18H2,1-5H3. The molecule has 4 nitrogen and oxygen atoms in total. The van der Waals surface area contributed by atoms with Crippen LogP contribution < -0.4 is 10.4 Å². The first-order valence-electron chi connectivity index (χ1n) is 10.6. The van der Waals surface area contributed by atoms with E-state index >= 15 is 0 Å². The third-order valence-electron chi connectivity index (χ3n) is 6.13. The van der Waals surface area contributed by atoms with Gasteiger partial charge in [0.15, 0.2) is 5.79 Å². The summed E-state index contributed by atoms with van der Waals surface area (Å²) in [7, 11) is -2.73. The summed E-state index contributed by atoms with van der Waals surface area (Å²) in [5.41, 5.74) is -1.23. The molecule has 1 aliphatic carbocycles. The maximum absolute atomic E-state index is 11.5. The zero-order chi connectivity index (χ0) is 21.6. The average Bonchev–Trinajstić information content (AvgIpc) is 3.17. The van der Waals surface area contributed by atoms with Gasteiger partial charge in [-0.15, -0.1) is 0 Å². The molecule has 0 radical (unpaired) electrons. The number of aliphatic hydroxyl groups is 1. The number of hydrogen-bond donors (Lipinski definition) is 1. The van der Waals surface area contributed by atoms with Crippen LogP contribution in [0, 0.1) is 0 Å². The minimum Gasteiger partial charge on any atom is -0.404 e. The normalized spacial score (nSPS) is 27.9. The van der Waals surface area contributed by atoms with Crippen molar-refractivity contribution in [1.29, 1.82) is 0 Å². The van der Waals surface area contributed by atoms with E-state index in [9.17, 15) is 5.11 Å². The average molecular weight is 425 g/mol. The monoisotopic (exact) mass is 424 g/mol. The highest BCUT2D eigenvalue weighted by atomic mass is 28.4. The highest BCUT2D eigenvalue weighted by molar-refractivity contribution is 6.99. The van der Waals surface area contributed by atoms with Crippen LogP contribution in [-0.2, 0) is 13.9 Å². The molecule has 1 fully saturated rings. The van der Waals surface area contributed by atoms with Gasteiger partial charge in [0.2, 0.25) is 0 Å². The van der Waals surface area contributed by atoms with Crippen LogP contribution >= 0.6 is 0 Å². The summed E-state index contributed by atoms with van der Waals surface area (Å²) in [6, 6.07) is 20.9. The van der Waals surface area contributed by atoms with Crippen molar-refractivity contribution in [3.05, 3.63) is 72.8 Å². The smallest absolute Gasteiger partial charge is 0.261 e. The van der Waals surface area contributed by atoms with Crippen molar-refractivity contribution < 1.29 is 19.0 Å². The van der Waals surface area contributed by atoms with Crippen LogP contribution in [0.2, 0.25) is 5.04 Å². The Labute approximate surface area is 180 Å². The van der Waals surface area contributed by atoms with E-state index in [1.165, 1.54) is 10.4 Å². The fraction of sp³-hybridized carbons (Fsp3) is 0.440.